The molecule has 0 bridgehead atoms. The number of carbonyl (C=O) groups excluding carboxylic acids is 2. The van der Waals surface area contributed by atoms with Crippen molar-refractivity contribution >= 4 is 11.8 Å². The van der Waals surface area contributed by atoms with Gasteiger partial charge in [0, 0.05) is 31.7 Å². The van der Waals surface area contributed by atoms with Gasteiger partial charge in [0.25, 0.3) is 5.91 Å². The number of nitrogens with zero attached hydrogens (tertiary/aromatic N) is 2. The van der Waals surface area contributed by atoms with Gasteiger partial charge in [-0.2, -0.15) is 0 Å². The van der Waals surface area contributed by atoms with Crippen molar-refractivity contribution < 1.29 is 14.0 Å². The number of hydrogen-bond acceptors (Lipinski definition) is 3. The zero-order valence-electron chi connectivity index (χ0n) is 13.7. The van der Waals surface area contributed by atoms with E-state index in [1.165, 1.54) is 24.3 Å². The van der Waals surface area contributed by atoms with Crippen LogP contribution < -0.4 is 5.73 Å². The van der Waals surface area contributed by atoms with Crippen molar-refractivity contribution in [2.75, 3.05) is 26.2 Å². The molecule has 1 aromatic rings. The maximum Gasteiger partial charge on any atom is 0.253 e. The molecule has 0 saturated carbocycles. The van der Waals surface area contributed by atoms with Crippen molar-refractivity contribution in [2.24, 2.45) is 11.7 Å². The summed E-state index contributed by atoms with van der Waals surface area (Å²) in [7, 11) is 0. The number of benzene rings is 1. The number of halogens is 1. The van der Waals surface area contributed by atoms with Crippen molar-refractivity contribution in [3.8, 4) is 0 Å². The Balaban J connectivity index is 1.89. The summed E-state index contributed by atoms with van der Waals surface area (Å²) in [5.41, 5.74) is 6.40. The molecule has 1 aliphatic rings. The van der Waals surface area contributed by atoms with Crippen LogP contribution in [0.4, 0.5) is 4.39 Å². The van der Waals surface area contributed by atoms with E-state index in [0.717, 1.165) is 0 Å². The van der Waals surface area contributed by atoms with Crippen LogP contribution in [-0.4, -0.2) is 53.8 Å². The first-order valence-electron chi connectivity index (χ1n) is 7.97. The molecule has 1 heterocycles. The molecule has 1 saturated heterocycles. The Kier molecular flexibility index (Phi) is 5.71. The molecule has 0 radical (unpaired) electrons. The molecule has 0 aliphatic carbocycles. The van der Waals surface area contributed by atoms with Crippen molar-refractivity contribution in [1.29, 1.82) is 0 Å². The Morgan fingerprint density at radius 1 is 1.09 bits per heavy atom. The molecule has 0 spiro atoms. The van der Waals surface area contributed by atoms with E-state index in [1.807, 2.05) is 13.8 Å². The second-order valence-corrected chi connectivity index (χ2v) is 6.36. The molecule has 2 rings (SSSR count). The lowest BCUT2D eigenvalue weighted by Gasteiger charge is -2.36. The van der Waals surface area contributed by atoms with E-state index < -0.39 is 6.04 Å². The summed E-state index contributed by atoms with van der Waals surface area (Å²) in [4.78, 5) is 28.0. The van der Waals surface area contributed by atoms with Crippen LogP contribution in [0.15, 0.2) is 24.3 Å². The monoisotopic (exact) mass is 321 g/mol. The van der Waals surface area contributed by atoms with Crippen LogP contribution in [0.2, 0.25) is 0 Å². The zero-order chi connectivity index (χ0) is 17.0. The first-order chi connectivity index (χ1) is 10.9. The Bertz CT molecular complexity index is 551. The topological polar surface area (TPSA) is 66.6 Å². The fourth-order valence-electron chi connectivity index (χ4n) is 2.75. The highest BCUT2D eigenvalue weighted by Crippen LogP contribution is 2.12. The summed E-state index contributed by atoms with van der Waals surface area (Å²) in [6, 6.07) is 5.03. The van der Waals surface area contributed by atoms with Crippen molar-refractivity contribution in [3.63, 3.8) is 0 Å². The van der Waals surface area contributed by atoms with E-state index in [0.29, 0.717) is 44.1 Å². The smallest absolute Gasteiger partial charge is 0.253 e. The molecule has 1 atom stereocenters. The number of piperazine rings is 1. The van der Waals surface area contributed by atoms with Gasteiger partial charge in [-0.25, -0.2) is 4.39 Å². The number of carbonyl (C=O) groups is 2. The zero-order valence-corrected chi connectivity index (χ0v) is 13.7. The predicted molar refractivity (Wildman–Crippen MR) is 86.3 cm³/mol. The molecule has 6 heteroatoms. The van der Waals surface area contributed by atoms with Crippen LogP contribution in [0.5, 0.6) is 0 Å². The van der Waals surface area contributed by atoms with Gasteiger partial charge in [-0.3, -0.25) is 9.59 Å². The van der Waals surface area contributed by atoms with Crippen molar-refractivity contribution in [2.45, 2.75) is 26.3 Å². The predicted octanol–water partition coefficient (Wildman–Crippen LogP) is 1.48. The number of hydrogen-bond donors (Lipinski definition) is 1. The van der Waals surface area contributed by atoms with Crippen LogP contribution in [0.25, 0.3) is 0 Å². The van der Waals surface area contributed by atoms with Gasteiger partial charge in [-0.1, -0.05) is 13.8 Å². The van der Waals surface area contributed by atoms with Crippen LogP contribution in [0.1, 0.15) is 30.6 Å². The first kappa shape index (κ1) is 17.4. The highest BCUT2D eigenvalue weighted by Gasteiger charge is 2.27. The highest BCUT2D eigenvalue weighted by molar-refractivity contribution is 5.94. The minimum atomic E-state index is -0.477. The maximum absolute atomic E-state index is 12.9. The van der Waals surface area contributed by atoms with Crippen LogP contribution in [0.3, 0.4) is 0 Å². The minimum absolute atomic E-state index is 0.0485. The molecular formula is C17H24FN3O2. The highest BCUT2D eigenvalue weighted by atomic mass is 19.1. The maximum atomic E-state index is 12.9. The summed E-state index contributed by atoms with van der Waals surface area (Å²) in [5.74, 6) is -0.178. The van der Waals surface area contributed by atoms with Gasteiger partial charge in [0.2, 0.25) is 5.91 Å². The van der Waals surface area contributed by atoms with E-state index in [-0.39, 0.29) is 17.6 Å². The number of amides is 2. The minimum Gasteiger partial charge on any atom is -0.338 e. The van der Waals surface area contributed by atoms with Gasteiger partial charge < -0.3 is 15.5 Å². The molecule has 23 heavy (non-hydrogen) atoms. The summed E-state index contributed by atoms with van der Waals surface area (Å²) in [6.07, 6.45) is 0.660. The second-order valence-electron chi connectivity index (χ2n) is 6.36. The third-order valence-corrected chi connectivity index (χ3v) is 4.01. The third kappa shape index (κ3) is 4.51. The van der Waals surface area contributed by atoms with Gasteiger partial charge in [-0.15, -0.1) is 0 Å². The summed E-state index contributed by atoms with van der Waals surface area (Å²) in [6.45, 7) is 5.97. The Morgan fingerprint density at radius 3 is 2.13 bits per heavy atom. The summed E-state index contributed by atoms with van der Waals surface area (Å²) < 4.78 is 12.9. The normalized spacial score (nSPS) is 16.6. The average molecular weight is 321 g/mol. The molecule has 1 fully saturated rings. The van der Waals surface area contributed by atoms with Gasteiger partial charge in [0.15, 0.2) is 0 Å². The molecule has 0 unspecified atom stereocenters. The van der Waals surface area contributed by atoms with Gasteiger partial charge in [-0.05, 0) is 36.6 Å². The van der Waals surface area contributed by atoms with E-state index in [2.05, 4.69) is 0 Å². The molecule has 0 aromatic heterocycles. The molecule has 5 nitrogen and oxygen atoms in total. The van der Waals surface area contributed by atoms with Crippen LogP contribution in [-0.2, 0) is 4.79 Å². The Labute approximate surface area is 136 Å². The molecule has 2 N–H and O–H groups in total. The molecule has 1 aliphatic heterocycles. The van der Waals surface area contributed by atoms with Gasteiger partial charge in [0.1, 0.15) is 5.82 Å². The molecule has 2 amide bonds. The van der Waals surface area contributed by atoms with Gasteiger partial charge >= 0.3 is 0 Å². The van der Waals surface area contributed by atoms with E-state index in [9.17, 15) is 14.0 Å². The molecular weight excluding hydrogens is 297 g/mol. The van der Waals surface area contributed by atoms with Crippen LogP contribution >= 0.6 is 0 Å². The van der Waals surface area contributed by atoms with Crippen molar-refractivity contribution in [1.82, 2.24) is 9.80 Å². The molecule has 126 valence electrons. The largest absolute Gasteiger partial charge is 0.338 e. The third-order valence-electron chi connectivity index (χ3n) is 4.01. The summed E-state index contributed by atoms with van der Waals surface area (Å²) in [5, 5.41) is 0. The second kappa shape index (κ2) is 7.55. The lowest BCUT2D eigenvalue weighted by molar-refractivity contribution is -0.134. The lowest BCUT2D eigenvalue weighted by Crippen LogP contribution is -2.54. The number of nitrogens with two attached hydrogens (primary N) is 1. The van der Waals surface area contributed by atoms with E-state index in [4.69, 9.17) is 5.73 Å². The quantitative estimate of drug-likeness (QED) is 0.913. The van der Waals surface area contributed by atoms with Gasteiger partial charge in [0.05, 0.1) is 6.04 Å². The van der Waals surface area contributed by atoms with Crippen LogP contribution in [0, 0.1) is 11.7 Å². The van der Waals surface area contributed by atoms with Crippen molar-refractivity contribution in [3.05, 3.63) is 35.6 Å². The first-order valence-corrected chi connectivity index (χ1v) is 7.97. The Hall–Kier alpha value is -1.95. The standard InChI is InChI=1S/C17H24FN3O2/c1-12(2)11-15(19)17(23)21-9-7-20(8-10-21)16(22)13-3-5-14(18)6-4-13/h3-6,12,15H,7-11,19H2,1-2H3/t15-/m0/s1. The van der Waals surface area contributed by atoms with E-state index >= 15 is 0 Å². The fourth-order valence-corrected chi connectivity index (χ4v) is 2.75. The SMILES string of the molecule is CC(C)C[C@H](N)C(=O)N1CCN(C(=O)c2ccc(F)cc2)CC1. The summed E-state index contributed by atoms with van der Waals surface area (Å²) >= 11 is 0. The Morgan fingerprint density at radius 2 is 1.61 bits per heavy atom. The average Bonchev–Trinajstić information content (AvgIpc) is 2.53. The molecule has 1 aromatic carbocycles. The van der Waals surface area contributed by atoms with E-state index in [1.54, 1.807) is 9.80 Å². The number of rotatable bonds is 4. The fraction of sp³-hybridized carbons (Fsp3) is 0.529. The lowest BCUT2D eigenvalue weighted by atomic mass is 10.0.